The van der Waals surface area contributed by atoms with Gasteiger partial charge in [0, 0.05) is 25.2 Å². The van der Waals surface area contributed by atoms with Crippen molar-refractivity contribution < 1.29 is 4.74 Å². The third-order valence-corrected chi connectivity index (χ3v) is 4.23. The van der Waals surface area contributed by atoms with E-state index in [1.807, 2.05) is 0 Å². The molecule has 0 spiro atoms. The van der Waals surface area contributed by atoms with Crippen LogP contribution in [0.4, 0.5) is 0 Å². The Kier molecular flexibility index (Phi) is 4.35. The van der Waals surface area contributed by atoms with E-state index in [1.54, 1.807) is 0 Å². The zero-order valence-electron chi connectivity index (χ0n) is 12.7. The number of nitrogens with zero attached hydrogens (tertiary/aromatic N) is 1. The predicted molar refractivity (Wildman–Crippen MR) is 75.8 cm³/mol. The van der Waals surface area contributed by atoms with Crippen LogP contribution in [0.5, 0.6) is 0 Å². The van der Waals surface area contributed by atoms with E-state index in [9.17, 15) is 0 Å². The second-order valence-electron chi connectivity index (χ2n) is 7.09. The largest absolute Gasteiger partial charge is 0.370 e. The minimum atomic E-state index is 0.0171. The predicted octanol–water partition coefficient (Wildman–Crippen LogP) is 2.26. The van der Waals surface area contributed by atoms with Crippen LogP contribution >= 0.6 is 0 Å². The molecular weight excluding hydrogens is 224 g/mol. The van der Waals surface area contributed by atoms with Crippen LogP contribution in [-0.4, -0.2) is 48.3 Å². The van der Waals surface area contributed by atoms with Gasteiger partial charge in [-0.15, -0.1) is 0 Å². The van der Waals surface area contributed by atoms with Gasteiger partial charge in [0.15, 0.2) is 0 Å². The van der Waals surface area contributed by atoms with Gasteiger partial charge in [0.25, 0.3) is 0 Å². The van der Waals surface area contributed by atoms with Crippen molar-refractivity contribution in [3.05, 3.63) is 0 Å². The highest BCUT2D eigenvalue weighted by molar-refractivity contribution is 4.95. The van der Waals surface area contributed by atoms with Crippen LogP contribution in [-0.2, 0) is 4.74 Å². The van der Waals surface area contributed by atoms with E-state index in [0.29, 0.717) is 12.1 Å². The molecule has 0 bridgehead atoms. The van der Waals surface area contributed by atoms with Gasteiger partial charge in [-0.25, -0.2) is 0 Å². The van der Waals surface area contributed by atoms with Crippen molar-refractivity contribution in [2.24, 2.45) is 5.92 Å². The van der Waals surface area contributed by atoms with Gasteiger partial charge in [-0.2, -0.15) is 0 Å². The Morgan fingerprint density at radius 1 is 1.33 bits per heavy atom. The molecule has 1 saturated heterocycles. The molecule has 1 aliphatic carbocycles. The van der Waals surface area contributed by atoms with Gasteiger partial charge >= 0.3 is 0 Å². The first kappa shape index (κ1) is 14.3. The summed E-state index contributed by atoms with van der Waals surface area (Å²) in [6.07, 6.45) is 3.12. The molecule has 0 radical (unpaired) electrons. The van der Waals surface area contributed by atoms with Crippen molar-refractivity contribution >= 4 is 0 Å². The van der Waals surface area contributed by atoms with E-state index in [-0.39, 0.29) is 5.60 Å². The fraction of sp³-hybridized carbons (Fsp3) is 1.00. The smallest absolute Gasteiger partial charge is 0.0757 e. The van der Waals surface area contributed by atoms with Crippen molar-refractivity contribution in [2.75, 3.05) is 19.6 Å². The van der Waals surface area contributed by atoms with Gasteiger partial charge in [-0.1, -0.05) is 13.8 Å². The van der Waals surface area contributed by atoms with Gasteiger partial charge in [0.1, 0.15) is 0 Å². The molecular formula is C15H30N2O. The van der Waals surface area contributed by atoms with Crippen molar-refractivity contribution in [3.8, 4) is 0 Å². The van der Waals surface area contributed by atoms with Crippen LogP contribution in [0, 0.1) is 5.92 Å². The molecule has 1 heterocycles. The normalized spacial score (nSPS) is 36.7. The van der Waals surface area contributed by atoms with Crippen molar-refractivity contribution in [2.45, 2.75) is 71.2 Å². The average Bonchev–Trinajstić information content (AvgIpc) is 2.11. The third kappa shape index (κ3) is 3.46. The fourth-order valence-corrected chi connectivity index (χ4v) is 3.41. The summed E-state index contributed by atoms with van der Waals surface area (Å²) < 4.78 is 6.00. The third-order valence-electron chi connectivity index (χ3n) is 4.23. The Balaban J connectivity index is 1.87. The summed E-state index contributed by atoms with van der Waals surface area (Å²) in [6.45, 7) is 14.5. The van der Waals surface area contributed by atoms with Gasteiger partial charge in [0.05, 0.1) is 11.7 Å². The summed E-state index contributed by atoms with van der Waals surface area (Å²) in [5.41, 5.74) is 0.0171. The van der Waals surface area contributed by atoms with Gasteiger partial charge < -0.3 is 10.1 Å². The first-order chi connectivity index (χ1) is 8.37. The van der Waals surface area contributed by atoms with Gasteiger partial charge in [-0.05, 0) is 46.1 Å². The lowest BCUT2D eigenvalue weighted by Crippen LogP contribution is -2.60. The topological polar surface area (TPSA) is 24.5 Å². The summed E-state index contributed by atoms with van der Waals surface area (Å²) in [7, 11) is 0. The zero-order chi connectivity index (χ0) is 13.3. The summed E-state index contributed by atoms with van der Waals surface area (Å²) in [5.74, 6) is 0.841. The summed E-state index contributed by atoms with van der Waals surface area (Å²) in [5, 5.41) is 3.59. The Morgan fingerprint density at radius 2 is 2.06 bits per heavy atom. The highest BCUT2D eigenvalue weighted by atomic mass is 16.5. The molecule has 3 nitrogen and oxygen atoms in total. The van der Waals surface area contributed by atoms with Gasteiger partial charge in [-0.3, -0.25) is 4.90 Å². The van der Waals surface area contributed by atoms with Crippen LogP contribution in [0.15, 0.2) is 0 Å². The maximum absolute atomic E-state index is 6.00. The number of rotatable bonds is 4. The standard InChI is InChI=1S/C15H30N2O/c1-11(2)16-8-13-6-7-14(13)17-9-12(3)18-15(4,5)10-17/h11-14,16H,6-10H2,1-5H3. The molecule has 106 valence electrons. The Bertz CT molecular complexity index is 278. The number of nitrogens with one attached hydrogen (secondary N) is 1. The van der Waals surface area contributed by atoms with Crippen molar-refractivity contribution in [1.82, 2.24) is 10.2 Å². The second-order valence-corrected chi connectivity index (χ2v) is 7.09. The molecule has 1 aliphatic heterocycles. The lowest BCUT2D eigenvalue weighted by molar-refractivity contribution is -0.151. The first-order valence-corrected chi connectivity index (χ1v) is 7.52. The highest BCUT2D eigenvalue weighted by Gasteiger charge is 2.41. The Morgan fingerprint density at radius 3 is 2.56 bits per heavy atom. The van der Waals surface area contributed by atoms with Crippen LogP contribution in [0.2, 0.25) is 0 Å². The molecule has 2 fully saturated rings. The van der Waals surface area contributed by atoms with Gasteiger partial charge in [0.2, 0.25) is 0 Å². The van der Waals surface area contributed by atoms with E-state index in [0.717, 1.165) is 25.0 Å². The fourth-order valence-electron chi connectivity index (χ4n) is 3.41. The molecule has 18 heavy (non-hydrogen) atoms. The minimum Gasteiger partial charge on any atom is -0.370 e. The van der Waals surface area contributed by atoms with E-state index < -0.39 is 0 Å². The minimum absolute atomic E-state index is 0.0171. The zero-order valence-corrected chi connectivity index (χ0v) is 12.7. The molecule has 1 saturated carbocycles. The monoisotopic (exact) mass is 254 g/mol. The molecule has 3 atom stereocenters. The number of ether oxygens (including phenoxy) is 1. The maximum Gasteiger partial charge on any atom is 0.0757 e. The van der Waals surface area contributed by atoms with E-state index >= 15 is 0 Å². The molecule has 2 rings (SSSR count). The lowest BCUT2D eigenvalue weighted by atomic mass is 9.77. The summed E-state index contributed by atoms with van der Waals surface area (Å²) in [6, 6.07) is 1.38. The molecule has 3 heteroatoms. The molecule has 0 aromatic carbocycles. The van der Waals surface area contributed by atoms with Crippen molar-refractivity contribution in [3.63, 3.8) is 0 Å². The van der Waals surface area contributed by atoms with E-state index in [4.69, 9.17) is 4.74 Å². The number of hydrogen-bond acceptors (Lipinski definition) is 3. The van der Waals surface area contributed by atoms with Crippen LogP contribution < -0.4 is 5.32 Å². The molecule has 3 unspecified atom stereocenters. The Hall–Kier alpha value is -0.120. The lowest BCUT2D eigenvalue weighted by Gasteiger charge is -2.51. The molecule has 2 aliphatic rings. The number of morpholine rings is 1. The summed E-state index contributed by atoms with van der Waals surface area (Å²) >= 11 is 0. The molecule has 0 aromatic heterocycles. The van der Waals surface area contributed by atoms with Crippen LogP contribution in [0.25, 0.3) is 0 Å². The van der Waals surface area contributed by atoms with E-state index in [1.165, 1.54) is 19.4 Å². The summed E-state index contributed by atoms with van der Waals surface area (Å²) in [4.78, 5) is 2.67. The van der Waals surface area contributed by atoms with E-state index in [2.05, 4.69) is 44.8 Å². The first-order valence-electron chi connectivity index (χ1n) is 7.52. The SMILES string of the molecule is CC(C)NCC1CCC1N1CC(C)OC(C)(C)C1. The molecule has 1 N–H and O–H groups in total. The second kappa shape index (κ2) is 5.48. The maximum atomic E-state index is 6.00. The number of hydrogen-bond donors (Lipinski definition) is 1. The average molecular weight is 254 g/mol. The Labute approximate surface area is 112 Å². The molecule has 0 amide bonds. The quantitative estimate of drug-likeness (QED) is 0.833. The molecule has 0 aromatic rings. The highest BCUT2D eigenvalue weighted by Crippen LogP contribution is 2.35. The van der Waals surface area contributed by atoms with Crippen LogP contribution in [0.3, 0.4) is 0 Å². The van der Waals surface area contributed by atoms with Crippen molar-refractivity contribution in [1.29, 1.82) is 0 Å². The van der Waals surface area contributed by atoms with Crippen LogP contribution in [0.1, 0.15) is 47.5 Å².